The van der Waals surface area contributed by atoms with Gasteiger partial charge >= 0.3 is 6.61 Å². The van der Waals surface area contributed by atoms with E-state index < -0.39 is 12.5 Å². The Kier molecular flexibility index (Phi) is 5.85. The first-order valence-corrected chi connectivity index (χ1v) is 10.1. The Morgan fingerprint density at radius 1 is 1.06 bits per heavy atom. The molecular formula is C24H22F2N4O2. The number of fused-ring (bicyclic) bond motifs is 1. The number of aromatic nitrogens is 3. The molecule has 0 spiro atoms. The molecule has 0 fully saturated rings. The number of hydrogen-bond donors (Lipinski definition) is 1. The largest absolute Gasteiger partial charge is 0.433 e. The van der Waals surface area contributed by atoms with Crippen molar-refractivity contribution in [2.45, 2.75) is 33.9 Å². The van der Waals surface area contributed by atoms with E-state index in [4.69, 9.17) is 0 Å². The van der Waals surface area contributed by atoms with Gasteiger partial charge < -0.3 is 10.1 Å². The van der Waals surface area contributed by atoms with Crippen LogP contribution >= 0.6 is 0 Å². The third kappa shape index (κ3) is 4.44. The average Bonchev–Trinajstić information content (AvgIpc) is 3.06. The van der Waals surface area contributed by atoms with E-state index in [2.05, 4.69) is 20.1 Å². The quantitative estimate of drug-likeness (QED) is 0.447. The maximum Gasteiger partial charge on any atom is 0.387 e. The van der Waals surface area contributed by atoms with Gasteiger partial charge in [0.2, 0.25) is 5.91 Å². The molecule has 1 N–H and O–H groups in total. The highest BCUT2D eigenvalue weighted by Crippen LogP contribution is 2.30. The molecule has 0 saturated heterocycles. The molecule has 0 unspecified atom stereocenters. The van der Waals surface area contributed by atoms with E-state index in [1.54, 1.807) is 19.2 Å². The summed E-state index contributed by atoms with van der Waals surface area (Å²) in [6.45, 7) is 2.52. The van der Waals surface area contributed by atoms with Gasteiger partial charge in [-0.2, -0.15) is 13.9 Å². The number of anilines is 1. The molecule has 0 atom stereocenters. The van der Waals surface area contributed by atoms with Crippen LogP contribution in [0.5, 0.6) is 5.75 Å². The molecule has 0 aliphatic carbocycles. The van der Waals surface area contributed by atoms with Crippen LogP contribution in [0.2, 0.25) is 0 Å². The van der Waals surface area contributed by atoms with Gasteiger partial charge in [-0.05, 0) is 55.7 Å². The van der Waals surface area contributed by atoms with Crippen molar-refractivity contribution in [3.05, 3.63) is 71.5 Å². The van der Waals surface area contributed by atoms with E-state index in [0.29, 0.717) is 5.65 Å². The summed E-state index contributed by atoms with van der Waals surface area (Å²) in [6.07, 6.45) is 1.68. The number of nitrogens with zero attached hydrogens (tertiary/aromatic N) is 3. The summed E-state index contributed by atoms with van der Waals surface area (Å²) >= 11 is 0. The van der Waals surface area contributed by atoms with Crippen LogP contribution in [0.4, 0.5) is 14.5 Å². The fourth-order valence-corrected chi connectivity index (χ4v) is 3.62. The van der Waals surface area contributed by atoms with Gasteiger partial charge in [0.05, 0.1) is 11.4 Å². The average molecular weight is 436 g/mol. The van der Waals surface area contributed by atoms with E-state index in [9.17, 15) is 13.6 Å². The maximum atomic E-state index is 12.7. The Labute approximate surface area is 183 Å². The molecule has 0 aliphatic rings. The second-order valence-electron chi connectivity index (χ2n) is 7.59. The number of ether oxygens (including phenoxy) is 1. The summed E-state index contributed by atoms with van der Waals surface area (Å²) in [4.78, 5) is 17.1. The zero-order valence-corrected chi connectivity index (χ0v) is 17.9. The van der Waals surface area contributed by atoms with Gasteiger partial charge in [-0.3, -0.25) is 4.79 Å². The van der Waals surface area contributed by atoms with Gasteiger partial charge in [0.15, 0.2) is 5.65 Å². The lowest BCUT2D eigenvalue weighted by atomic mass is 10.0. The third-order valence-electron chi connectivity index (χ3n) is 5.09. The molecule has 2 aromatic heterocycles. The lowest BCUT2D eigenvalue weighted by Gasteiger charge is -2.13. The van der Waals surface area contributed by atoms with Crippen LogP contribution in [-0.4, -0.2) is 27.3 Å². The number of rotatable bonds is 6. The molecule has 4 aromatic rings. The number of aryl methyl sites for hydroxylation is 3. The first-order chi connectivity index (χ1) is 15.3. The summed E-state index contributed by atoms with van der Waals surface area (Å²) < 4.78 is 31.5. The minimum atomic E-state index is -2.99. The topological polar surface area (TPSA) is 69.0 Å². The number of carbonyl (C=O) groups is 1. The number of alkyl halides is 2. The lowest BCUT2D eigenvalue weighted by Crippen LogP contribution is -2.20. The molecule has 0 bridgehead atoms. The van der Waals surface area contributed by atoms with E-state index in [-0.39, 0.29) is 18.0 Å². The molecule has 1 amide bonds. The highest BCUT2D eigenvalue weighted by atomic mass is 19.3. The molecule has 2 aromatic carbocycles. The van der Waals surface area contributed by atoms with Crippen LogP contribution in [0.1, 0.15) is 16.8 Å². The highest BCUT2D eigenvalue weighted by Gasteiger charge is 2.17. The number of carbonyl (C=O) groups excluding carboxylic acids is 1. The number of amides is 1. The van der Waals surface area contributed by atoms with Gasteiger partial charge in [0.1, 0.15) is 12.3 Å². The number of hydrogen-bond acceptors (Lipinski definition) is 4. The van der Waals surface area contributed by atoms with Crippen LogP contribution in [0, 0.1) is 20.8 Å². The first-order valence-electron chi connectivity index (χ1n) is 10.1. The SMILES string of the molecule is Cc1ccc(-c2ccnc3c2c(C)nn3CC(=O)Nc2ccc(C)cc2OC(F)F)cc1. The zero-order chi connectivity index (χ0) is 22.8. The normalized spacial score (nSPS) is 11.2. The molecule has 8 heteroatoms. The fraction of sp³-hybridized carbons (Fsp3) is 0.208. The van der Waals surface area contributed by atoms with Crippen LogP contribution < -0.4 is 10.1 Å². The summed E-state index contributed by atoms with van der Waals surface area (Å²) in [5, 5.41) is 8.00. The van der Waals surface area contributed by atoms with Crippen LogP contribution in [0.3, 0.4) is 0 Å². The van der Waals surface area contributed by atoms with Crippen molar-refractivity contribution in [3.63, 3.8) is 0 Å². The van der Waals surface area contributed by atoms with Gasteiger partial charge in [-0.1, -0.05) is 35.9 Å². The van der Waals surface area contributed by atoms with Gasteiger partial charge in [0, 0.05) is 11.6 Å². The van der Waals surface area contributed by atoms with E-state index in [0.717, 1.165) is 33.3 Å². The van der Waals surface area contributed by atoms with Crippen molar-refractivity contribution in [1.29, 1.82) is 0 Å². The van der Waals surface area contributed by atoms with Crippen molar-refractivity contribution >= 4 is 22.6 Å². The Hall–Kier alpha value is -3.81. The minimum absolute atomic E-state index is 0.0883. The minimum Gasteiger partial charge on any atom is -0.433 e. The Morgan fingerprint density at radius 3 is 2.50 bits per heavy atom. The molecular weight excluding hydrogens is 414 g/mol. The Balaban J connectivity index is 1.62. The molecule has 0 aliphatic heterocycles. The van der Waals surface area contributed by atoms with Crippen LogP contribution in [-0.2, 0) is 11.3 Å². The van der Waals surface area contributed by atoms with Crippen molar-refractivity contribution in [3.8, 4) is 16.9 Å². The van der Waals surface area contributed by atoms with Crippen molar-refractivity contribution in [2.75, 3.05) is 5.32 Å². The molecule has 164 valence electrons. The Morgan fingerprint density at radius 2 is 1.78 bits per heavy atom. The van der Waals surface area contributed by atoms with Crippen molar-refractivity contribution in [1.82, 2.24) is 14.8 Å². The van der Waals surface area contributed by atoms with Gasteiger partial charge in [-0.15, -0.1) is 0 Å². The molecule has 6 nitrogen and oxygen atoms in total. The fourth-order valence-electron chi connectivity index (χ4n) is 3.62. The van der Waals surface area contributed by atoms with Gasteiger partial charge in [0.25, 0.3) is 0 Å². The number of halogens is 2. The summed E-state index contributed by atoms with van der Waals surface area (Å²) in [7, 11) is 0. The number of nitrogens with one attached hydrogen (secondary N) is 1. The van der Waals surface area contributed by atoms with E-state index in [1.165, 1.54) is 16.8 Å². The molecule has 2 heterocycles. The van der Waals surface area contributed by atoms with Gasteiger partial charge in [-0.25, -0.2) is 9.67 Å². The smallest absolute Gasteiger partial charge is 0.387 e. The van der Waals surface area contributed by atoms with Crippen LogP contribution in [0.15, 0.2) is 54.7 Å². The predicted molar refractivity (Wildman–Crippen MR) is 119 cm³/mol. The van der Waals surface area contributed by atoms with Crippen molar-refractivity contribution < 1.29 is 18.3 Å². The highest BCUT2D eigenvalue weighted by molar-refractivity contribution is 5.96. The molecule has 0 radical (unpaired) electrons. The van der Waals surface area contributed by atoms with Crippen LogP contribution in [0.25, 0.3) is 22.2 Å². The standard InChI is InChI=1S/C24H22F2N4O2/c1-14-4-7-17(8-5-14)18-10-11-27-23-22(18)16(3)29-30(23)13-21(31)28-19-9-6-15(2)12-20(19)32-24(25)26/h4-12,24H,13H2,1-3H3,(H,28,31). The number of benzene rings is 2. The Bertz CT molecular complexity index is 1280. The first kappa shape index (κ1) is 21.4. The maximum absolute atomic E-state index is 12.7. The summed E-state index contributed by atoms with van der Waals surface area (Å²) in [5.41, 5.74) is 5.39. The third-order valence-corrected chi connectivity index (χ3v) is 5.09. The van der Waals surface area contributed by atoms with Crippen molar-refractivity contribution in [2.24, 2.45) is 0 Å². The second kappa shape index (κ2) is 8.74. The lowest BCUT2D eigenvalue weighted by molar-refractivity contribution is -0.116. The predicted octanol–water partition coefficient (Wildman–Crippen LogP) is 5.26. The monoisotopic (exact) mass is 436 g/mol. The molecule has 32 heavy (non-hydrogen) atoms. The zero-order valence-electron chi connectivity index (χ0n) is 17.9. The number of pyridine rings is 1. The van der Waals surface area contributed by atoms with E-state index in [1.807, 2.05) is 44.2 Å². The molecule has 0 saturated carbocycles. The molecule has 4 rings (SSSR count). The van der Waals surface area contributed by atoms with E-state index >= 15 is 0 Å². The second-order valence-corrected chi connectivity index (χ2v) is 7.59. The summed E-state index contributed by atoms with van der Waals surface area (Å²) in [6, 6.07) is 14.8. The summed E-state index contributed by atoms with van der Waals surface area (Å²) in [5.74, 6) is -0.519.